The van der Waals surface area contributed by atoms with Gasteiger partial charge in [0, 0.05) is 18.2 Å². The highest BCUT2D eigenvalue weighted by Gasteiger charge is 2.10. The van der Waals surface area contributed by atoms with Crippen molar-refractivity contribution in [3.63, 3.8) is 0 Å². The number of carbonyl (C=O) groups excluding carboxylic acids is 1. The molecular weight excluding hydrogens is 220 g/mol. The summed E-state index contributed by atoms with van der Waals surface area (Å²) in [7, 11) is 0. The molecule has 0 spiro atoms. The molecule has 0 aliphatic rings. The van der Waals surface area contributed by atoms with Gasteiger partial charge in [-0.1, -0.05) is 13.3 Å². The van der Waals surface area contributed by atoms with Gasteiger partial charge in [0.2, 0.25) is 5.91 Å². The first kappa shape index (κ1) is 15.8. The van der Waals surface area contributed by atoms with Crippen LogP contribution in [0.3, 0.4) is 0 Å². The number of carbonyl (C=O) groups is 1. The maximum absolute atomic E-state index is 11.6. The lowest BCUT2D eigenvalue weighted by Gasteiger charge is -2.15. The molecule has 0 aliphatic carbocycles. The molecule has 2 atom stereocenters. The van der Waals surface area contributed by atoms with Crippen molar-refractivity contribution in [2.45, 2.75) is 45.6 Å². The monoisotopic (exact) mass is 246 g/mol. The third-order valence-electron chi connectivity index (χ3n) is 2.76. The maximum Gasteiger partial charge on any atom is 0.220 e. The third kappa shape index (κ3) is 7.99. The van der Waals surface area contributed by atoms with Crippen LogP contribution in [-0.2, 0) is 4.79 Å². The molecule has 1 amide bonds. The Balaban J connectivity index is 3.70. The van der Waals surface area contributed by atoms with Crippen molar-refractivity contribution in [3.05, 3.63) is 0 Å². The van der Waals surface area contributed by atoms with Crippen LogP contribution in [-0.4, -0.2) is 30.5 Å². The van der Waals surface area contributed by atoms with E-state index < -0.39 is 0 Å². The second kappa shape index (κ2) is 9.97. The molecule has 0 radical (unpaired) electrons. The summed E-state index contributed by atoms with van der Waals surface area (Å²) in [5, 5.41) is 3.01. The first-order chi connectivity index (χ1) is 7.63. The highest BCUT2D eigenvalue weighted by Crippen LogP contribution is 2.14. The third-order valence-corrected chi connectivity index (χ3v) is 3.59. The van der Waals surface area contributed by atoms with E-state index in [9.17, 15) is 4.79 Å². The van der Waals surface area contributed by atoms with Crippen LogP contribution in [0.4, 0.5) is 0 Å². The zero-order valence-corrected chi connectivity index (χ0v) is 11.6. The minimum Gasteiger partial charge on any atom is -0.353 e. The van der Waals surface area contributed by atoms with Crippen LogP contribution < -0.4 is 11.1 Å². The van der Waals surface area contributed by atoms with Crippen molar-refractivity contribution in [2.24, 2.45) is 11.7 Å². The van der Waals surface area contributed by atoms with Crippen LogP contribution in [0, 0.1) is 5.92 Å². The van der Waals surface area contributed by atoms with Gasteiger partial charge in [0.05, 0.1) is 0 Å². The molecule has 0 aliphatic heterocycles. The van der Waals surface area contributed by atoms with Gasteiger partial charge in [-0.2, -0.15) is 11.8 Å². The largest absolute Gasteiger partial charge is 0.353 e. The van der Waals surface area contributed by atoms with Gasteiger partial charge in [0.25, 0.3) is 0 Å². The maximum atomic E-state index is 11.6. The number of hydrogen-bond acceptors (Lipinski definition) is 3. The highest BCUT2D eigenvalue weighted by molar-refractivity contribution is 7.98. The first-order valence-corrected chi connectivity index (χ1v) is 7.51. The average molecular weight is 246 g/mol. The molecule has 3 nitrogen and oxygen atoms in total. The minimum absolute atomic E-state index is 0.178. The van der Waals surface area contributed by atoms with Crippen molar-refractivity contribution in [3.8, 4) is 0 Å². The molecule has 0 aromatic rings. The zero-order valence-electron chi connectivity index (χ0n) is 10.8. The van der Waals surface area contributed by atoms with Crippen molar-refractivity contribution in [1.29, 1.82) is 0 Å². The summed E-state index contributed by atoms with van der Waals surface area (Å²) in [5.74, 6) is 1.76. The second-order valence-electron chi connectivity index (χ2n) is 4.31. The topological polar surface area (TPSA) is 55.1 Å². The molecule has 96 valence electrons. The van der Waals surface area contributed by atoms with E-state index in [0.717, 1.165) is 31.6 Å². The fraction of sp³-hybridized carbons (Fsp3) is 0.917. The number of thioether (sulfide) groups is 1. The van der Waals surface area contributed by atoms with E-state index in [1.54, 1.807) is 11.8 Å². The Morgan fingerprint density at radius 1 is 1.44 bits per heavy atom. The normalized spacial score (nSPS) is 14.5. The summed E-state index contributed by atoms with van der Waals surface area (Å²) in [6.45, 7) is 4.93. The van der Waals surface area contributed by atoms with Gasteiger partial charge >= 0.3 is 0 Å². The lowest BCUT2D eigenvalue weighted by atomic mass is 9.96. The van der Waals surface area contributed by atoms with Gasteiger partial charge < -0.3 is 11.1 Å². The van der Waals surface area contributed by atoms with Crippen molar-refractivity contribution >= 4 is 17.7 Å². The average Bonchev–Trinajstić information content (AvgIpc) is 2.24. The van der Waals surface area contributed by atoms with Crippen molar-refractivity contribution < 1.29 is 4.79 Å². The van der Waals surface area contributed by atoms with Crippen LogP contribution in [0.15, 0.2) is 0 Å². The van der Waals surface area contributed by atoms with E-state index in [-0.39, 0.29) is 11.9 Å². The summed E-state index contributed by atoms with van der Waals surface area (Å²) in [5.41, 5.74) is 5.53. The lowest BCUT2D eigenvalue weighted by Crippen LogP contribution is -2.34. The Hall–Kier alpha value is -0.220. The van der Waals surface area contributed by atoms with Gasteiger partial charge in [-0.25, -0.2) is 0 Å². The molecule has 0 aromatic carbocycles. The predicted molar refractivity (Wildman–Crippen MR) is 72.7 cm³/mol. The second-order valence-corrected chi connectivity index (χ2v) is 5.22. The Labute approximate surface area is 104 Å². The van der Waals surface area contributed by atoms with E-state index in [1.807, 2.05) is 6.92 Å². The summed E-state index contributed by atoms with van der Waals surface area (Å²) < 4.78 is 0. The number of rotatable bonds is 9. The first-order valence-electron chi connectivity index (χ1n) is 6.12. The van der Waals surface area contributed by atoms with Crippen LogP contribution in [0.25, 0.3) is 0 Å². The van der Waals surface area contributed by atoms with Gasteiger partial charge in [0.15, 0.2) is 0 Å². The van der Waals surface area contributed by atoms with E-state index in [0.29, 0.717) is 12.3 Å². The van der Waals surface area contributed by atoms with Crippen LogP contribution in [0.1, 0.15) is 39.5 Å². The zero-order chi connectivity index (χ0) is 12.4. The van der Waals surface area contributed by atoms with E-state index in [1.165, 1.54) is 0 Å². The fourth-order valence-electron chi connectivity index (χ4n) is 1.76. The Morgan fingerprint density at radius 2 is 2.12 bits per heavy atom. The number of nitrogens with one attached hydrogen (secondary N) is 1. The molecule has 3 N–H and O–H groups in total. The van der Waals surface area contributed by atoms with E-state index in [4.69, 9.17) is 5.73 Å². The van der Waals surface area contributed by atoms with E-state index >= 15 is 0 Å². The van der Waals surface area contributed by atoms with Crippen LogP contribution in [0.2, 0.25) is 0 Å². The van der Waals surface area contributed by atoms with Crippen LogP contribution in [0.5, 0.6) is 0 Å². The molecule has 0 fully saturated rings. The van der Waals surface area contributed by atoms with Crippen molar-refractivity contribution in [2.75, 3.05) is 18.6 Å². The Morgan fingerprint density at radius 3 is 2.62 bits per heavy atom. The van der Waals surface area contributed by atoms with Gasteiger partial charge in [-0.3, -0.25) is 4.79 Å². The summed E-state index contributed by atoms with van der Waals surface area (Å²) >= 11 is 1.76. The molecule has 2 unspecified atom stereocenters. The minimum atomic E-state index is 0.178. The van der Waals surface area contributed by atoms with E-state index in [2.05, 4.69) is 18.5 Å². The molecule has 0 bridgehead atoms. The van der Waals surface area contributed by atoms with Crippen LogP contribution >= 0.6 is 11.8 Å². The molecule has 16 heavy (non-hydrogen) atoms. The highest BCUT2D eigenvalue weighted by atomic mass is 32.2. The van der Waals surface area contributed by atoms with Gasteiger partial charge in [-0.05, 0) is 38.5 Å². The smallest absolute Gasteiger partial charge is 0.220 e. The molecular formula is C12H26N2OS. The number of hydrogen-bond donors (Lipinski definition) is 2. The molecule has 0 saturated heterocycles. The van der Waals surface area contributed by atoms with Gasteiger partial charge in [0.1, 0.15) is 0 Å². The lowest BCUT2D eigenvalue weighted by molar-refractivity contribution is -0.121. The summed E-state index contributed by atoms with van der Waals surface area (Å²) in [4.78, 5) is 11.6. The Bertz CT molecular complexity index is 188. The molecule has 4 heteroatoms. The predicted octanol–water partition coefficient (Wildman–Crippen LogP) is 2.01. The Kier molecular flexibility index (Phi) is 9.83. The molecule has 0 aromatic heterocycles. The fourth-order valence-corrected chi connectivity index (χ4v) is 2.35. The SMILES string of the molecule is CCC(CCN)CCC(=O)NC(C)CSC. The van der Waals surface area contributed by atoms with Crippen molar-refractivity contribution in [1.82, 2.24) is 5.32 Å². The standard InChI is InChI=1S/C12H26N2OS/c1-4-11(7-8-13)5-6-12(15)14-10(2)9-16-3/h10-11H,4-9,13H2,1-3H3,(H,14,15). The molecule has 0 saturated carbocycles. The summed E-state index contributed by atoms with van der Waals surface area (Å²) in [6.07, 6.45) is 5.80. The molecule has 0 heterocycles. The number of nitrogens with two attached hydrogens (primary N) is 1. The summed E-state index contributed by atoms with van der Waals surface area (Å²) in [6, 6.07) is 0.275. The quantitative estimate of drug-likeness (QED) is 0.654. The van der Waals surface area contributed by atoms with Gasteiger partial charge in [-0.15, -0.1) is 0 Å². The number of amides is 1. The molecule has 0 rings (SSSR count).